The molecule has 1 aromatic heterocycles. The Hall–Kier alpha value is -1.01. The minimum atomic E-state index is -0.391. The second-order valence-corrected chi connectivity index (χ2v) is 5.97. The van der Waals surface area contributed by atoms with Crippen LogP contribution in [0.4, 0.5) is 0 Å². The van der Waals surface area contributed by atoms with Crippen LogP contribution in [0.25, 0.3) is 0 Å². The maximum atomic E-state index is 9.96. The summed E-state index contributed by atoms with van der Waals surface area (Å²) in [7, 11) is 0. The summed E-state index contributed by atoms with van der Waals surface area (Å²) >= 11 is 0. The molecule has 118 valence electrons. The van der Waals surface area contributed by atoms with E-state index in [-0.39, 0.29) is 6.10 Å². The van der Waals surface area contributed by atoms with Gasteiger partial charge in [-0.3, -0.25) is 14.8 Å². The van der Waals surface area contributed by atoms with E-state index in [4.69, 9.17) is 4.74 Å². The Morgan fingerprint density at radius 2 is 1.95 bits per heavy atom. The molecule has 1 aliphatic rings. The average molecular weight is 293 g/mol. The summed E-state index contributed by atoms with van der Waals surface area (Å²) in [5.41, 5.74) is 1.26. The zero-order valence-electron chi connectivity index (χ0n) is 13.1. The standard InChI is InChI=1S/C16H27N3O2/c1-14(2)21-13-16(20)12-19-8-6-18(7-9-19)11-15-4-3-5-17-10-15/h3-5,10,14,16,20H,6-9,11-13H2,1-2H3. The van der Waals surface area contributed by atoms with Gasteiger partial charge in [0, 0.05) is 51.7 Å². The van der Waals surface area contributed by atoms with Gasteiger partial charge in [0.15, 0.2) is 0 Å². The number of β-amino-alcohol motifs (C(OH)–C–C–N with tert-alkyl or cyclic N) is 1. The van der Waals surface area contributed by atoms with Gasteiger partial charge in [-0.25, -0.2) is 0 Å². The van der Waals surface area contributed by atoms with E-state index < -0.39 is 6.10 Å². The number of nitrogens with zero attached hydrogens (tertiary/aromatic N) is 3. The summed E-state index contributed by atoms with van der Waals surface area (Å²) in [5.74, 6) is 0. The van der Waals surface area contributed by atoms with Crippen LogP contribution in [0.5, 0.6) is 0 Å². The number of aromatic nitrogens is 1. The number of aliphatic hydroxyl groups is 1. The smallest absolute Gasteiger partial charge is 0.0900 e. The maximum Gasteiger partial charge on any atom is 0.0900 e. The highest BCUT2D eigenvalue weighted by molar-refractivity contribution is 5.08. The van der Waals surface area contributed by atoms with Crippen molar-refractivity contribution in [1.29, 1.82) is 0 Å². The largest absolute Gasteiger partial charge is 0.389 e. The first-order chi connectivity index (χ1) is 10.1. The van der Waals surface area contributed by atoms with E-state index in [1.54, 1.807) is 0 Å². The molecule has 0 radical (unpaired) electrons. The highest BCUT2D eigenvalue weighted by Crippen LogP contribution is 2.08. The molecule has 1 fully saturated rings. The fraction of sp³-hybridized carbons (Fsp3) is 0.688. The molecule has 0 aliphatic carbocycles. The zero-order chi connectivity index (χ0) is 15.1. The van der Waals surface area contributed by atoms with Crippen molar-refractivity contribution in [2.45, 2.75) is 32.6 Å². The molecule has 1 unspecified atom stereocenters. The topological polar surface area (TPSA) is 48.8 Å². The molecule has 1 aromatic rings. The highest BCUT2D eigenvalue weighted by Gasteiger charge is 2.19. The third-order valence-electron chi connectivity index (χ3n) is 3.68. The Balaban J connectivity index is 1.66. The molecule has 2 heterocycles. The Kier molecular flexibility index (Phi) is 6.57. The van der Waals surface area contributed by atoms with Crippen molar-refractivity contribution in [2.75, 3.05) is 39.3 Å². The maximum absolute atomic E-state index is 9.96. The SMILES string of the molecule is CC(C)OCC(O)CN1CCN(Cc2cccnc2)CC1. The molecule has 21 heavy (non-hydrogen) atoms. The van der Waals surface area contributed by atoms with Crippen LogP contribution >= 0.6 is 0 Å². The van der Waals surface area contributed by atoms with Crippen LogP contribution in [-0.2, 0) is 11.3 Å². The number of hydrogen-bond acceptors (Lipinski definition) is 5. The second-order valence-electron chi connectivity index (χ2n) is 5.97. The quantitative estimate of drug-likeness (QED) is 0.812. The van der Waals surface area contributed by atoms with Crippen LogP contribution in [-0.4, -0.2) is 71.4 Å². The van der Waals surface area contributed by atoms with Gasteiger partial charge in [-0.15, -0.1) is 0 Å². The van der Waals surface area contributed by atoms with E-state index in [0.717, 1.165) is 32.7 Å². The molecule has 5 heteroatoms. The van der Waals surface area contributed by atoms with Gasteiger partial charge in [-0.1, -0.05) is 6.07 Å². The molecule has 1 aliphatic heterocycles. The van der Waals surface area contributed by atoms with Gasteiger partial charge >= 0.3 is 0 Å². The van der Waals surface area contributed by atoms with Crippen molar-refractivity contribution in [3.8, 4) is 0 Å². The lowest BCUT2D eigenvalue weighted by Crippen LogP contribution is -2.48. The van der Waals surface area contributed by atoms with E-state index in [0.29, 0.717) is 13.2 Å². The number of aliphatic hydroxyl groups excluding tert-OH is 1. The average Bonchev–Trinajstić information content (AvgIpc) is 2.48. The van der Waals surface area contributed by atoms with Gasteiger partial charge in [0.05, 0.1) is 18.8 Å². The second kappa shape index (κ2) is 8.44. The molecule has 1 saturated heterocycles. The van der Waals surface area contributed by atoms with Crippen LogP contribution in [0.3, 0.4) is 0 Å². The summed E-state index contributed by atoms with van der Waals surface area (Å²) in [6.07, 6.45) is 3.52. The molecule has 0 aromatic carbocycles. The fourth-order valence-electron chi connectivity index (χ4n) is 2.53. The number of piperazine rings is 1. The number of rotatable bonds is 7. The van der Waals surface area contributed by atoms with Crippen LogP contribution in [0.15, 0.2) is 24.5 Å². The first-order valence-electron chi connectivity index (χ1n) is 7.77. The van der Waals surface area contributed by atoms with Crippen molar-refractivity contribution >= 4 is 0 Å². The molecule has 5 nitrogen and oxygen atoms in total. The van der Waals surface area contributed by atoms with Gasteiger partial charge in [0.2, 0.25) is 0 Å². The Morgan fingerprint density at radius 1 is 1.24 bits per heavy atom. The van der Waals surface area contributed by atoms with Crippen LogP contribution in [0.1, 0.15) is 19.4 Å². The number of hydrogen-bond donors (Lipinski definition) is 1. The van der Waals surface area contributed by atoms with E-state index in [2.05, 4.69) is 20.9 Å². The minimum absolute atomic E-state index is 0.177. The Labute approximate surface area is 127 Å². The number of pyridine rings is 1. The number of ether oxygens (including phenoxy) is 1. The van der Waals surface area contributed by atoms with Crippen LogP contribution in [0, 0.1) is 0 Å². The molecule has 0 saturated carbocycles. The van der Waals surface area contributed by atoms with Crippen molar-refractivity contribution in [2.24, 2.45) is 0 Å². The fourth-order valence-corrected chi connectivity index (χ4v) is 2.53. The summed E-state index contributed by atoms with van der Waals surface area (Å²) in [6, 6.07) is 4.10. The minimum Gasteiger partial charge on any atom is -0.389 e. The van der Waals surface area contributed by atoms with Gasteiger partial charge < -0.3 is 9.84 Å². The van der Waals surface area contributed by atoms with Crippen molar-refractivity contribution in [1.82, 2.24) is 14.8 Å². The van der Waals surface area contributed by atoms with Gasteiger partial charge in [-0.2, -0.15) is 0 Å². The third-order valence-corrected chi connectivity index (χ3v) is 3.68. The zero-order valence-corrected chi connectivity index (χ0v) is 13.1. The predicted octanol–water partition coefficient (Wildman–Crippen LogP) is 0.985. The molecular formula is C16H27N3O2. The molecule has 1 N–H and O–H groups in total. The van der Waals surface area contributed by atoms with Crippen molar-refractivity contribution < 1.29 is 9.84 Å². The van der Waals surface area contributed by atoms with Crippen molar-refractivity contribution in [3.63, 3.8) is 0 Å². The molecule has 0 spiro atoms. The molecule has 2 rings (SSSR count). The lowest BCUT2D eigenvalue weighted by molar-refractivity contribution is -0.0148. The Bertz CT molecular complexity index is 392. The van der Waals surface area contributed by atoms with Crippen LogP contribution < -0.4 is 0 Å². The third kappa shape index (κ3) is 6.09. The summed E-state index contributed by atoms with van der Waals surface area (Å²) in [5, 5.41) is 9.96. The van der Waals surface area contributed by atoms with E-state index in [1.807, 2.05) is 32.3 Å². The molecular weight excluding hydrogens is 266 g/mol. The lowest BCUT2D eigenvalue weighted by Gasteiger charge is -2.35. The lowest BCUT2D eigenvalue weighted by atomic mass is 10.2. The van der Waals surface area contributed by atoms with E-state index >= 15 is 0 Å². The first-order valence-corrected chi connectivity index (χ1v) is 7.77. The molecule has 1 atom stereocenters. The van der Waals surface area contributed by atoms with E-state index in [9.17, 15) is 5.11 Å². The molecule has 0 bridgehead atoms. The highest BCUT2D eigenvalue weighted by atomic mass is 16.5. The first kappa shape index (κ1) is 16.4. The van der Waals surface area contributed by atoms with Gasteiger partial charge in [0.25, 0.3) is 0 Å². The monoisotopic (exact) mass is 293 g/mol. The normalized spacial score (nSPS) is 19.0. The van der Waals surface area contributed by atoms with E-state index in [1.165, 1.54) is 5.56 Å². The van der Waals surface area contributed by atoms with Crippen molar-refractivity contribution in [3.05, 3.63) is 30.1 Å². The summed E-state index contributed by atoms with van der Waals surface area (Å²) < 4.78 is 5.45. The molecule has 0 amide bonds. The summed E-state index contributed by atoms with van der Waals surface area (Å²) in [4.78, 5) is 8.90. The summed E-state index contributed by atoms with van der Waals surface area (Å²) in [6.45, 7) is 10.1. The Morgan fingerprint density at radius 3 is 2.57 bits per heavy atom. The predicted molar refractivity (Wildman–Crippen MR) is 83.0 cm³/mol. The van der Waals surface area contributed by atoms with Gasteiger partial charge in [-0.05, 0) is 25.5 Å². The van der Waals surface area contributed by atoms with Crippen LogP contribution in [0.2, 0.25) is 0 Å². The van der Waals surface area contributed by atoms with Gasteiger partial charge in [0.1, 0.15) is 0 Å².